The van der Waals surface area contributed by atoms with Crippen LogP contribution in [-0.2, 0) is 0 Å². The minimum absolute atomic E-state index is 0.608. The molecule has 1 aromatic carbocycles. The number of nitrogens with one attached hydrogen (secondary N) is 1. The average Bonchev–Trinajstić information content (AvgIpc) is 2.31. The molecule has 4 heteroatoms. The first-order valence-electron chi connectivity index (χ1n) is 5.09. The van der Waals surface area contributed by atoms with Crippen LogP contribution in [0.5, 0.6) is 0 Å². The first-order chi connectivity index (χ1) is 8.17. The first kappa shape index (κ1) is 11.6. The fourth-order valence-corrected chi connectivity index (χ4v) is 1.74. The molecule has 0 fully saturated rings. The molecule has 0 unspecified atom stereocenters. The summed E-state index contributed by atoms with van der Waals surface area (Å²) in [4.78, 5) is 4.33. The lowest BCUT2D eigenvalue weighted by Crippen LogP contribution is -1.95. The molecule has 0 bridgehead atoms. The number of aromatic nitrogens is 1. The lowest BCUT2D eigenvalue weighted by atomic mass is 10.2. The molecule has 2 rings (SSSR count). The number of hydrogen-bond acceptors (Lipinski definition) is 3. The zero-order chi connectivity index (χ0) is 12.3. The summed E-state index contributed by atoms with van der Waals surface area (Å²) in [7, 11) is 0. The average molecular weight is 288 g/mol. The third-order valence-corrected chi connectivity index (χ3v) is 2.73. The van der Waals surface area contributed by atoms with Crippen LogP contribution in [0.1, 0.15) is 11.3 Å². The van der Waals surface area contributed by atoms with E-state index in [4.69, 9.17) is 5.26 Å². The summed E-state index contributed by atoms with van der Waals surface area (Å²) in [6.07, 6.45) is 0. The van der Waals surface area contributed by atoms with E-state index in [-0.39, 0.29) is 0 Å². The maximum Gasteiger partial charge on any atom is 0.131 e. The smallest absolute Gasteiger partial charge is 0.131 e. The van der Waals surface area contributed by atoms with Gasteiger partial charge in [-0.3, -0.25) is 0 Å². The van der Waals surface area contributed by atoms with E-state index in [2.05, 4.69) is 32.3 Å². The third kappa shape index (κ3) is 3.05. The minimum atomic E-state index is 0.608. The summed E-state index contributed by atoms with van der Waals surface area (Å²) in [6, 6.07) is 13.4. The van der Waals surface area contributed by atoms with E-state index >= 15 is 0 Å². The Morgan fingerprint density at radius 1 is 1.24 bits per heavy atom. The predicted octanol–water partition coefficient (Wildman–Crippen LogP) is 3.77. The van der Waals surface area contributed by atoms with Crippen LogP contribution in [0.15, 0.2) is 40.9 Å². The molecule has 0 aliphatic carbocycles. The highest BCUT2D eigenvalue weighted by Crippen LogP contribution is 2.19. The van der Waals surface area contributed by atoms with Crippen LogP contribution in [0.25, 0.3) is 0 Å². The molecule has 0 spiro atoms. The van der Waals surface area contributed by atoms with Crippen molar-refractivity contribution in [3.8, 4) is 6.07 Å². The van der Waals surface area contributed by atoms with E-state index < -0.39 is 0 Å². The normalized spacial score (nSPS) is 9.71. The van der Waals surface area contributed by atoms with E-state index in [1.807, 2.05) is 31.2 Å². The predicted molar refractivity (Wildman–Crippen MR) is 71.1 cm³/mol. The number of halogens is 1. The number of benzene rings is 1. The van der Waals surface area contributed by atoms with Gasteiger partial charge in [0.25, 0.3) is 0 Å². The number of nitriles is 1. The summed E-state index contributed by atoms with van der Waals surface area (Å²) >= 11 is 3.38. The minimum Gasteiger partial charge on any atom is -0.340 e. The third-order valence-electron chi connectivity index (χ3n) is 2.20. The van der Waals surface area contributed by atoms with Gasteiger partial charge < -0.3 is 5.32 Å². The van der Waals surface area contributed by atoms with Gasteiger partial charge in [-0.25, -0.2) is 4.98 Å². The molecular formula is C13H10BrN3. The van der Waals surface area contributed by atoms with Crippen LogP contribution in [0.2, 0.25) is 0 Å². The van der Waals surface area contributed by atoms with Gasteiger partial charge in [0.1, 0.15) is 5.82 Å². The number of hydrogen-bond donors (Lipinski definition) is 1. The van der Waals surface area contributed by atoms with Crippen molar-refractivity contribution in [2.75, 3.05) is 5.32 Å². The topological polar surface area (TPSA) is 48.7 Å². The number of pyridine rings is 1. The molecule has 0 radical (unpaired) electrons. The summed E-state index contributed by atoms with van der Waals surface area (Å²) in [5, 5.41) is 12.0. The van der Waals surface area contributed by atoms with Crippen LogP contribution < -0.4 is 5.32 Å². The molecule has 1 heterocycles. The largest absolute Gasteiger partial charge is 0.340 e. The highest BCUT2D eigenvalue weighted by molar-refractivity contribution is 9.10. The molecule has 84 valence electrons. The Hall–Kier alpha value is -1.86. The van der Waals surface area contributed by atoms with E-state index in [1.54, 1.807) is 12.1 Å². The first-order valence-corrected chi connectivity index (χ1v) is 5.88. The molecule has 0 amide bonds. The van der Waals surface area contributed by atoms with Crippen molar-refractivity contribution in [2.45, 2.75) is 6.92 Å². The molecule has 3 nitrogen and oxygen atoms in total. The second kappa shape index (κ2) is 4.98. The van der Waals surface area contributed by atoms with Crippen LogP contribution in [0, 0.1) is 18.3 Å². The molecule has 0 aliphatic heterocycles. The Morgan fingerprint density at radius 3 is 2.59 bits per heavy atom. The van der Waals surface area contributed by atoms with Gasteiger partial charge in [0.2, 0.25) is 0 Å². The van der Waals surface area contributed by atoms with Crippen molar-refractivity contribution in [1.82, 2.24) is 4.98 Å². The highest BCUT2D eigenvalue weighted by atomic mass is 79.9. The van der Waals surface area contributed by atoms with Crippen LogP contribution in [0.4, 0.5) is 11.5 Å². The van der Waals surface area contributed by atoms with E-state index in [1.165, 1.54) is 0 Å². The van der Waals surface area contributed by atoms with Gasteiger partial charge in [0, 0.05) is 15.9 Å². The number of aryl methyl sites for hydroxylation is 1. The lowest BCUT2D eigenvalue weighted by molar-refractivity contribution is 1.19. The monoisotopic (exact) mass is 287 g/mol. The van der Waals surface area contributed by atoms with Crippen molar-refractivity contribution in [3.63, 3.8) is 0 Å². The van der Waals surface area contributed by atoms with Crippen molar-refractivity contribution in [1.29, 1.82) is 5.26 Å². The van der Waals surface area contributed by atoms with Gasteiger partial charge in [-0.05, 0) is 43.3 Å². The van der Waals surface area contributed by atoms with Gasteiger partial charge in [-0.15, -0.1) is 0 Å². The zero-order valence-corrected chi connectivity index (χ0v) is 10.8. The van der Waals surface area contributed by atoms with Crippen molar-refractivity contribution in [3.05, 3.63) is 52.1 Å². The number of nitrogens with zero attached hydrogens (tertiary/aromatic N) is 2. The van der Waals surface area contributed by atoms with Gasteiger partial charge >= 0.3 is 0 Å². The number of rotatable bonds is 2. The SMILES string of the molecule is Cc1cc(C#N)cc(Nc2ccc(Br)cc2)n1. The molecule has 2 aromatic rings. The number of anilines is 2. The van der Waals surface area contributed by atoms with E-state index in [0.717, 1.165) is 15.9 Å². The molecular weight excluding hydrogens is 278 g/mol. The van der Waals surface area contributed by atoms with Gasteiger partial charge in [0.15, 0.2) is 0 Å². The Kier molecular flexibility index (Phi) is 3.40. The fourth-order valence-electron chi connectivity index (χ4n) is 1.48. The maximum absolute atomic E-state index is 8.88. The molecule has 1 aromatic heterocycles. The van der Waals surface area contributed by atoms with Crippen LogP contribution >= 0.6 is 15.9 Å². The lowest BCUT2D eigenvalue weighted by Gasteiger charge is -2.06. The Bertz CT molecular complexity index is 570. The van der Waals surface area contributed by atoms with Gasteiger partial charge in [0.05, 0.1) is 11.6 Å². The van der Waals surface area contributed by atoms with Crippen molar-refractivity contribution < 1.29 is 0 Å². The van der Waals surface area contributed by atoms with Crippen LogP contribution in [0.3, 0.4) is 0 Å². The van der Waals surface area contributed by atoms with E-state index in [9.17, 15) is 0 Å². The molecule has 1 N–H and O–H groups in total. The Morgan fingerprint density at radius 2 is 1.94 bits per heavy atom. The summed E-state index contributed by atoms with van der Waals surface area (Å²) in [6.45, 7) is 1.87. The quantitative estimate of drug-likeness (QED) is 0.915. The Labute approximate surface area is 108 Å². The summed E-state index contributed by atoms with van der Waals surface area (Å²) < 4.78 is 1.03. The summed E-state index contributed by atoms with van der Waals surface area (Å²) in [5.74, 6) is 0.684. The molecule has 0 aliphatic rings. The second-order valence-electron chi connectivity index (χ2n) is 3.63. The fraction of sp³-hybridized carbons (Fsp3) is 0.0769. The molecule has 0 saturated carbocycles. The molecule has 17 heavy (non-hydrogen) atoms. The van der Waals surface area contributed by atoms with Gasteiger partial charge in [-0.2, -0.15) is 5.26 Å². The van der Waals surface area contributed by atoms with Gasteiger partial charge in [-0.1, -0.05) is 15.9 Å². The highest BCUT2D eigenvalue weighted by Gasteiger charge is 2.00. The standard InChI is InChI=1S/C13H10BrN3/c1-9-6-10(8-15)7-13(16-9)17-12-4-2-11(14)3-5-12/h2-7H,1H3,(H,16,17). The maximum atomic E-state index is 8.88. The van der Waals surface area contributed by atoms with Crippen LogP contribution in [-0.4, -0.2) is 4.98 Å². The molecule has 0 atom stereocenters. The van der Waals surface area contributed by atoms with E-state index in [0.29, 0.717) is 11.4 Å². The zero-order valence-electron chi connectivity index (χ0n) is 9.24. The second-order valence-corrected chi connectivity index (χ2v) is 4.54. The Balaban J connectivity index is 2.27. The van der Waals surface area contributed by atoms with Crippen molar-refractivity contribution >= 4 is 27.4 Å². The summed E-state index contributed by atoms with van der Waals surface area (Å²) in [5.41, 5.74) is 2.37. The van der Waals surface area contributed by atoms with Crippen molar-refractivity contribution in [2.24, 2.45) is 0 Å². The molecule has 0 saturated heterocycles.